The molecule has 1 aliphatic rings. The second kappa shape index (κ2) is 4.97. The first-order valence-electron chi connectivity index (χ1n) is 6.20. The van der Waals surface area contributed by atoms with E-state index >= 15 is 0 Å². The average Bonchev–Trinajstić information content (AvgIpc) is 2.68. The summed E-state index contributed by atoms with van der Waals surface area (Å²) >= 11 is 0. The number of nitrogen functional groups attached to an aromatic ring is 1. The van der Waals surface area contributed by atoms with Crippen molar-refractivity contribution >= 4 is 11.6 Å². The third kappa shape index (κ3) is 2.33. The van der Waals surface area contributed by atoms with Crippen molar-refractivity contribution in [2.24, 2.45) is 11.3 Å². The van der Waals surface area contributed by atoms with Crippen molar-refractivity contribution in [3.05, 3.63) is 6.33 Å². The monoisotopic (exact) mass is 251 g/mol. The number of hydrogen-bond donors (Lipinski definition) is 3. The average molecular weight is 251 g/mol. The number of rotatable bonds is 4. The van der Waals surface area contributed by atoms with Crippen molar-refractivity contribution in [3.8, 4) is 5.75 Å². The standard InChI is InChI=1S/C12H21N5O/c1-12(2)6-4-5-8(12)16-10-9(18-3)11(17-13)15-7-14-10/h7-8H,4-6,13H2,1-3H3,(H2,14,15,16,17). The van der Waals surface area contributed by atoms with Crippen LogP contribution >= 0.6 is 0 Å². The minimum Gasteiger partial charge on any atom is -0.490 e. The van der Waals surface area contributed by atoms with Gasteiger partial charge in [-0.2, -0.15) is 0 Å². The predicted molar refractivity (Wildman–Crippen MR) is 71.4 cm³/mol. The van der Waals surface area contributed by atoms with Gasteiger partial charge in [-0.15, -0.1) is 0 Å². The van der Waals surface area contributed by atoms with Crippen LogP contribution < -0.4 is 21.3 Å². The fourth-order valence-electron chi connectivity index (χ4n) is 2.53. The van der Waals surface area contributed by atoms with Crippen LogP contribution in [0.1, 0.15) is 33.1 Å². The van der Waals surface area contributed by atoms with Gasteiger partial charge in [-0.3, -0.25) is 0 Å². The molecule has 0 spiro atoms. The zero-order valence-corrected chi connectivity index (χ0v) is 11.2. The Morgan fingerprint density at radius 3 is 2.67 bits per heavy atom. The lowest BCUT2D eigenvalue weighted by atomic mass is 9.87. The molecule has 1 saturated carbocycles. The maximum atomic E-state index is 5.41. The van der Waals surface area contributed by atoms with Crippen molar-refractivity contribution in [3.63, 3.8) is 0 Å². The second-order valence-corrected chi connectivity index (χ2v) is 5.33. The first-order chi connectivity index (χ1) is 8.58. The zero-order valence-electron chi connectivity index (χ0n) is 11.2. The van der Waals surface area contributed by atoms with E-state index in [1.807, 2.05) is 0 Å². The number of hydrazine groups is 1. The van der Waals surface area contributed by atoms with Gasteiger partial charge < -0.3 is 15.5 Å². The molecule has 2 rings (SSSR count). The minimum absolute atomic E-state index is 0.270. The van der Waals surface area contributed by atoms with E-state index in [1.54, 1.807) is 7.11 Å². The maximum Gasteiger partial charge on any atom is 0.205 e. The lowest BCUT2D eigenvalue weighted by Crippen LogP contribution is -2.31. The van der Waals surface area contributed by atoms with Gasteiger partial charge >= 0.3 is 0 Å². The molecule has 0 aromatic carbocycles. The molecule has 1 unspecified atom stereocenters. The van der Waals surface area contributed by atoms with E-state index in [0.717, 1.165) is 6.42 Å². The molecule has 100 valence electrons. The highest BCUT2D eigenvalue weighted by atomic mass is 16.5. The van der Waals surface area contributed by atoms with Crippen LogP contribution in [0.3, 0.4) is 0 Å². The van der Waals surface area contributed by atoms with E-state index in [9.17, 15) is 0 Å². The molecular formula is C12H21N5O. The Kier molecular flexibility index (Phi) is 3.56. The zero-order chi connectivity index (χ0) is 13.2. The summed E-state index contributed by atoms with van der Waals surface area (Å²) in [6.07, 6.45) is 5.08. The van der Waals surface area contributed by atoms with E-state index in [0.29, 0.717) is 23.4 Å². The molecule has 1 aliphatic carbocycles. The van der Waals surface area contributed by atoms with Gasteiger partial charge in [-0.1, -0.05) is 20.3 Å². The Bertz CT molecular complexity index is 421. The maximum absolute atomic E-state index is 5.41. The highest BCUT2D eigenvalue weighted by molar-refractivity contribution is 5.63. The molecule has 0 radical (unpaired) electrons. The molecule has 0 bridgehead atoms. The van der Waals surface area contributed by atoms with Gasteiger partial charge in [0, 0.05) is 6.04 Å². The molecule has 0 saturated heterocycles. The van der Waals surface area contributed by atoms with Gasteiger partial charge in [-0.05, 0) is 18.3 Å². The van der Waals surface area contributed by atoms with Gasteiger partial charge in [0.05, 0.1) is 7.11 Å². The van der Waals surface area contributed by atoms with Crippen LogP contribution in [-0.4, -0.2) is 23.1 Å². The number of nitrogens with one attached hydrogen (secondary N) is 2. The highest BCUT2D eigenvalue weighted by Crippen LogP contribution is 2.40. The quantitative estimate of drug-likeness (QED) is 0.558. The molecule has 0 aliphatic heterocycles. The van der Waals surface area contributed by atoms with E-state index in [4.69, 9.17) is 10.6 Å². The third-order valence-corrected chi connectivity index (χ3v) is 3.71. The summed E-state index contributed by atoms with van der Waals surface area (Å²) in [4.78, 5) is 8.27. The summed E-state index contributed by atoms with van der Waals surface area (Å²) in [6.45, 7) is 4.54. The Morgan fingerprint density at radius 1 is 1.39 bits per heavy atom. The number of hydrogen-bond acceptors (Lipinski definition) is 6. The van der Waals surface area contributed by atoms with Gasteiger partial charge in [0.15, 0.2) is 11.6 Å². The van der Waals surface area contributed by atoms with Crippen molar-refractivity contribution in [2.45, 2.75) is 39.2 Å². The van der Waals surface area contributed by atoms with Gasteiger partial charge in [0.25, 0.3) is 0 Å². The van der Waals surface area contributed by atoms with Crippen molar-refractivity contribution in [2.75, 3.05) is 17.9 Å². The van der Waals surface area contributed by atoms with Crippen LogP contribution in [0.25, 0.3) is 0 Å². The fraction of sp³-hybridized carbons (Fsp3) is 0.667. The van der Waals surface area contributed by atoms with Crippen molar-refractivity contribution < 1.29 is 4.74 Å². The summed E-state index contributed by atoms with van der Waals surface area (Å²) in [7, 11) is 1.59. The van der Waals surface area contributed by atoms with Crippen LogP contribution in [0.4, 0.5) is 11.6 Å². The lowest BCUT2D eigenvalue weighted by molar-refractivity contribution is 0.347. The van der Waals surface area contributed by atoms with Gasteiger partial charge in [-0.25, -0.2) is 15.8 Å². The normalized spacial score (nSPS) is 21.7. The summed E-state index contributed by atoms with van der Waals surface area (Å²) < 4.78 is 5.32. The molecule has 1 fully saturated rings. The van der Waals surface area contributed by atoms with Crippen LogP contribution in [0.5, 0.6) is 5.75 Å². The Morgan fingerprint density at radius 2 is 2.11 bits per heavy atom. The second-order valence-electron chi connectivity index (χ2n) is 5.33. The molecule has 0 amide bonds. The van der Waals surface area contributed by atoms with E-state index < -0.39 is 0 Å². The molecule has 4 N–H and O–H groups in total. The Labute approximate surface area is 107 Å². The van der Waals surface area contributed by atoms with Crippen LogP contribution in [0.15, 0.2) is 6.33 Å². The Hall–Kier alpha value is -1.56. The van der Waals surface area contributed by atoms with Crippen molar-refractivity contribution in [1.82, 2.24) is 9.97 Å². The largest absolute Gasteiger partial charge is 0.490 e. The van der Waals surface area contributed by atoms with Crippen LogP contribution in [0.2, 0.25) is 0 Å². The molecule has 6 nitrogen and oxygen atoms in total. The van der Waals surface area contributed by atoms with E-state index in [-0.39, 0.29) is 5.41 Å². The third-order valence-electron chi connectivity index (χ3n) is 3.71. The smallest absolute Gasteiger partial charge is 0.205 e. The van der Waals surface area contributed by atoms with E-state index in [1.165, 1.54) is 19.2 Å². The molecule has 1 heterocycles. The van der Waals surface area contributed by atoms with Gasteiger partial charge in [0.2, 0.25) is 5.75 Å². The molecule has 1 aromatic rings. The topological polar surface area (TPSA) is 85.1 Å². The number of methoxy groups -OCH3 is 1. The number of ether oxygens (including phenoxy) is 1. The summed E-state index contributed by atoms with van der Waals surface area (Å²) in [5.74, 6) is 7.15. The SMILES string of the molecule is COc1c(NN)ncnc1NC1CCCC1(C)C. The lowest BCUT2D eigenvalue weighted by Gasteiger charge is -2.28. The Balaban J connectivity index is 2.23. The van der Waals surface area contributed by atoms with E-state index in [2.05, 4.69) is 34.6 Å². The van der Waals surface area contributed by atoms with Crippen molar-refractivity contribution in [1.29, 1.82) is 0 Å². The molecule has 1 atom stereocenters. The van der Waals surface area contributed by atoms with Crippen LogP contribution in [0, 0.1) is 5.41 Å². The summed E-state index contributed by atoms with van der Waals surface area (Å²) in [6, 6.07) is 0.395. The number of anilines is 2. The van der Waals surface area contributed by atoms with Gasteiger partial charge in [0.1, 0.15) is 6.33 Å². The molecule has 18 heavy (non-hydrogen) atoms. The minimum atomic E-state index is 0.270. The number of nitrogens with two attached hydrogens (primary N) is 1. The molecular weight excluding hydrogens is 230 g/mol. The molecule has 1 aromatic heterocycles. The fourth-order valence-corrected chi connectivity index (χ4v) is 2.53. The first kappa shape index (κ1) is 12.9. The number of aromatic nitrogens is 2. The molecule has 6 heteroatoms. The predicted octanol–water partition coefficient (Wildman–Crippen LogP) is 1.76. The highest BCUT2D eigenvalue weighted by Gasteiger charge is 2.35. The van der Waals surface area contributed by atoms with Crippen LogP contribution in [-0.2, 0) is 0 Å². The summed E-state index contributed by atoms with van der Waals surface area (Å²) in [5, 5.41) is 3.45. The summed E-state index contributed by atoms with van der Waals surface area (Å²) in [5.41, 5.74) is 2.79. The first-order valence-corrected chi connectivity index (χ1v) is 6.20. The number of nitrogens with zero attached hydrogens (tertiary/aromatic N) is 2.